The number of alkyl halides is 3. The number of halogens is 3. The van der Waals surface area contributed by atoms with E-state index < -0.39 is 12.6 Å². The molecule has 0 spiro atoms. The Hall–Kier alpha value is -3.73. The Kier molecular flexibility index (Phi) is 9.77. The molecule has 0 bridgehead atoms. The van der Waals surface area contributed by atoms with E-state index in [4.69, 9.17) is 0 Å². The highest BCUT2D eigenvalue weighted by atomic mass is 32.1. The molecule has 4 aromatic rings. The van der Waals surface area contributed by atoms with Crippen LogP contribution in [0.15, 0.2) is 36.7 Å². The number of piperazine rings is 1. The average Bonchev–Trinajstić information content (AvgIpc) is 3.61. The zero-order chi connectivity index (χ0) is 32.3. The van der Waals surface area contributed by atoms with Crippen LogP contribution in [-0.4, -0.2) is 93.2 Å². The number of thiophene rings is 1. The molecule has 2 aliphatic heterocycles. The summed E-state index contributed by atoms with van der Waals surface area (Å²) in [6, 6.07) is 12.6. The van der Waals surface area contributed by atoms with Gasteiger partial charge in [-0.15, -0.1) is 11.3 Å². The van der Waals surface area contributed by atoms with Crippen LogP contribution in [0.5, 0.6) is 0 Å². The molecule has 2 aliphatic rings. The van der Waals surface area contributed by atoms with Gasteiger partial charge in [-0.3, -0.25) is 14.6 Å². The number of nitrogens with one attached hydrogen (secondary N) is 1. The number of carbonyl (C=O) groups excluding carboxylic acids is 1. The molecule has 2 fully saturated rings. The van der Waals surface area contributed by atoms with E-state index in [1.54, 1.807) is 6.07 Å². The molecule has 46 heavy (non-hydrogen) atoms. The van der Waals surface area contributed by atoms with E-state index in [1.165, 1.54) is 11.9 Å². The normalized spacial score (nSPS) is 17.2. The van der Waals surface area contributed by atoms with Crippen molar-refractivity contribution < 1.29 is 18.0 Å². The van der Waals surface area contributed by atoms with Crippen molar-refractivity contribution in [1.29, 1.82) is 5.26 Å². The quantitative estimate of drug-likeness (QED) is 0.237. The minimum Gasteiger partial charge on any atom is -0.367 e. The molecule has 0 aliphatic carbocycles. The Balaban J connectivity index is 1.01. The first-order valence-electron chi connectivity index (χ1n) is 16.0. The topological polar surface area (TPSA) is 93.3 Å². The fraction of sp³-hybridized carbons (Fsp3) is 0.515. The zero-order valence-corrected chi connectivity index (χ0v) is 26.8. The number of aromatic nitrogens is 3. The molecule has 3 aromatic heterocycles. The Morgan fingerprint density at radius 2 is 1.83 bits per heavy atom. The number of benzene rings is 1. The third-order valence-corrected chi connectivity index (χ3v) is 10.1. The first-order chi connectivity index (χ1) is 22.2. The van der Waals surface area contributed by atoms with Gasteiger partial charge in [-0.2, -0.15) is 18.4 Å². The minimum atomic E-state index is -4.25. The molecular weight excluding hydrogens is 613 g/mol. The number of likely N-dealkylation sites (tertiary alicyclic amines) is 1. The fourth-order valence-corrected chi connectivity index (χ4v) is 7.67. The molecule has 0 saturated carbocycles. The van der Waals surface area contributed by atoms with Gasteiger partial charge in [0.2, 0.25) is 5.91 Å². The van der Waals surface area contributed by atoms with Crippen LogP contribution >= 0.6 is 11.3 Å². The number of hydrogen-bond donors (Lipinski definition) is 1. The van der Waals surface area contributed by atoms with Crippen molar-refractivity contribution in [2.75, 3.05) is 51.1 Å². The molecule has 1 aromatic carbocycles. The van der Waals surface area contributed by atoms with Crippen LogP contribution in [0.2, 0.25) is 0 Å². The summed E-state index contributed by atoms with van der Waals surface area (Å²) in [6.45, 7) is 9.57. The maximum Gasteiger partial charge on any atom is 0.393 e. The number of carbonyl (C=O) groups is 1. The van der Waals surface area contributed by atoms with Gasteiger partial charge in [0.1, 0.15) is 28.7 Å². The highest BCUT2D eigenvalue weighted by Gasteiger charge is 2.29. The second kappa shape index (κ2) is 13.9. The van der Waals surface area contributed by atoms with Crippen molar-refractivity contribution in [2.24, 2.45) is 0 Å². The standard InChI is InChI=1S/C33H39F3N8OS/c1-2-30(45)43-14-12-41(13-15-43)8-3-9-44-26(20-37)17-24-16-23(4-5-29(24)44)21-42-10-6-25(7-11-42)40-31-28-18-27(19-33(34,35)36)46-32(28)39-22-38-31/h4-5,16-18,22,25H,2-3,6-15,19,21H2,1H3,(H,38,39,40). The first-order valence-corrected chi connectivity index (χ1v) is 16.8. The van der Waals surface area contributed by atoms with E-state index in [9.17, 15) is 23.2 Å². The molecule has 0 radical (unpaired) electrons. The highest BCUT2D eigenvalue weighted by Crippen LogP contribution is 2.33. The van der Waals surface area contributed by atoms with Crippen LogP contribution in [0.3, 0.4) is 0 Å². The Morgan fingerprint density at radius 1 is 1.04 bits per heavy atom. The van der Waals surface area contributed by atoms with Gasteiger partial charge in [-0.1, -0.05) is 13.0 Å². The lowest BCUT2D eigenvalue weighted by atomic mass is 10.0. The van der Waals surface area contributed by atoms with E-state index in [2.05, 4.69) is 53.9 Å². The predicted octanol–water partition coefficient (Wildman–Crippen LogP) is 5.64. The Bertz CT molecular complexity index is 1710. The summed E-state index contributed by atoms with van der Waals surface area (Å²) in [6.07, 6.45) is -0.515. The van der Waals surface area contributed by atoms with E-state index >= 15 is 0 Å². The lowest BCUT2D eigenvalue weighted by Gasteiger charge is -2.34. The van der Waals surface area contributed by atoms with Crippen LogP contribution in [0.4, 0.5) is 19.0 Å². The van der Waals surface area contributed by atoms with Crippen LogP contribution in [0.25, 0.3) is 21.1 Å². The monoisotopic (exact) mass is 652 g/mol. The number of nitriles is 1. The molecule has 2 saturated heterocycles. The second-order valence-corrected chi connectivity index (χ2v) is 13.4. The van der Waals surface area contributed by atoms with E-state index in [0.29, 0.717) is 28.1 Å². The van der Waals surface area contributed by atoms with E-state index in [-0.39, 0.29) is 16.8 Å². The van der Waals surface area contributed by atoms with Crippen molar-refractivity contribution in [2.45, 2.75) is 64.3 Å². The zero-order valence-electron chi connectivity index (χ0n) is 26.0. The maximum atomic E-state index is 12.9. The van der Waals surface area contributed by atoms with Crippen molar-refractivity contribution in [3.8, 4) is 6.07 Å². The van der Waals surface area contributed by atoms with Crippen molar-refractivity contribution in [1.82, 2.24) is 29.2 Å². The van der Waals surface area contributed by atoms with Gasteiger partial charge in [-0.05, 0) is 55.6 Å². The lowest BCUT2D eigenvalue weighted by Crippen LogP contribution is -2.48. The smallest absolute Gasteiger partial charge is 0.367 e. The molecule has 9 nitrogen and oxygen atoms in total. The van der Waals surface area contributed by atoms with Crippen LogP contribution in [0, 0.1) is 11.3 Å². The molecule has 0 atom stereocenters. The van der Waals surface area contributed by atoms with Gasteiger partial charge < -0.3 is 14.8 Å². The summed E-state index contributed by atoms with van der Waals surface area (Å²) in [7, 11) is 0. The number of nitrogens with zero attached hydrogens (tertiary/aromatic N) is 7. The van der Waals surface area contributed by atoms with Gasteiger partial charge in [0.05, 0.1) is 11.8 Å². The van der Waals surface area contributed by atoms with E-state index in [0.717, 1.165) is 100 Å². The molecule has 5 heterocycles. The van der Waals surface area contributed by atoms with Crippen LogP contribution in [-0.2, 0) is 24.3 Å². The molecule has 1 N–H and O–H groups in total. The summed E-state index contributed by atoms with van der Waals surface area (Å²) < 4.78 is 40.9. The third-order valence-electron chi connectivity index (χ3n) is 9.05. The van der Waals surface area contributed by atoms with Crippen molar-refractivity contribution in [3.05, 3.63) is 52.8 Å². The van der Waals surface area contributed by atoms with Gasteiger partial charge in [0.25, 0.3) is 0 Å². The molecule has 1 amide bonds. The number of hydrogen-bond acceptors (Lipinski definition) is 8. The molecule has 13 heteroatoms. The number of fused-ring (bicyclic) bond motifs is 2. The van der Waals surface area contributed by atoms with Gasteiger partial charge in [0.15, 0.2) is 0 Å². The number of rotatable bonds is 10. The molecule has 244 valence electrons. The summed E-state index contributed by atoms with van der Waals surface area (Å²) in [5.41, 5.74) is 2.95. The molecule has 0 unspecified atom stereocenters. The third kappa shape index (κ3) is 7.62. The average molecular weight is 653 g/mol. The summed E-state index contributed by atoms with van der Waals surface area (Å²) in [5, 5.41) is 15.0. The van der Waals surface area contributed by atoms with Crippen molar-refractivity contribution >= 4 is 44.2 Å². The largest absolute Gasteiger partial charge is 0.393 e. The number of piperidine rings is 1. The SMILES string of the molecule is CCC(=O)N1CCN(CCCn2c(C#N)cc3cc(CN4CCC(Nc5ncnc6sc(CC(F)(F)F)cc56)CC4)ccc32)CC1. The maximum absolute atomic E-state index is 12.9. The first kappa shape index (κ1) is 32.2. The number of amides is 1. The minimum absolute atomic E-state index is 0.178. The summed E-state index contributed by atoms with van der Waals surface area (Å²) in [4.78, 5) is 28.1. The lowest BCUT2D eigenvalue weighted by molar-refractivity contribution is -0.132. The number of aryl methyl sites for hydroxylation is 1. The molecular formula is C33H39F3N8OS. The molecule has 6 rings (SSSR count). The fourth-order valence-electron chi connectivity index (χ4n) is 6.64. The summed E-state index contributed by atoms with van der Waals surface area (Å²) >= 11 is 1.07. The van der Waals surface area contributed by atoms with Crippen LogP contribution < -0.4 is 5.32 Å². The van der Waals surface area contributed by atoms with E-state index in [1.807, 2.05) is 17.9 Å². The van der Waals surface area contributed by atoms with Crippen molar-refractivity contribution in [3.63, 3.8) is 0 Å². The van der Waals surface area contributed by atoms with Gasteiger partial charge in [0, 0.05) is 80.6 Å². The summed E-state index contributed by atoms with van der Waals surface area (Å²) in [5.74, 6) is 0.824. The Labute approximate surface area is 270 Å². The van der Waals surface area contributed by atoms with Gasteiger partial charge >= 0.3 is 6.18 Å². The Morgan fingerprint density at radius 3 is 2.54 bits per heavy atom. The predicted molar refractivity (Wildman–Crippen MR) is 174 cm³/mol. The van der Waals surface area contributed by atoms with Crippen LogP contribution in [0.1, 0.15) is 48.7 Å². The number of anilines is 1. The second-order valence-electron chi connectivity index (χ2n) is 12.3. The van der Waals surface area contributed by atoms with Gasteiger partial charge in [-0.25, -0.2) is 9.97 Å². The highest BCUT2D eigenvalue weighted by molar-refractivity contribution is 7.18.